The molecule has 0 atom stereocenters. The van der Waals surface area contributed by atoms with Gasteiger partial charge in [-0.2, -0.15) is 0 Å². The minimum Gasteiger partial charge on any atom is -0.285 e. The Labute approximate surface area is 139 Å². The van der Waals surface area contributed by atoms with Crippen LogP contribution in [0.15, 0.2) is 47.5 Å². The predicted octanol–water partition coefficient (Wildman–Crippen LogP) is 2.65. The van der Waals surface area contributed by atoms with Crippen molar-refractivity contribution in [2.24, 2.45) is 0 Å². The highest BCUT2D eigenvalue weighted by atomic mass is 32.2. The number of rotatable bonds is 5. The van der Waals surface area contributed by atoms with Crippen LogP contribution in [0.5, 0.6) is 0 Å². The molecule has 0 N–H and O–H groups in total. The van der Waals surface area contributed by atoms with Crippen molar-refractivity contribution >= 4 is 21.4 Å². The zero-order valence-electron chi connectivity index (χ0n) is 13.3. The quantitative estimate of drug-likeness (QED) is 0.711. The number of pyridine rings is 1. The van der Waals surface area contributed by atoms with Gasteiger partial charge in [-0.15, -0.1) is 10.2 Å². The maximum atomic E-state index is 13.5. The first kappa shape index (κ1) is 16.4. The molecule has 0 aliphatic carbocycles. The van der Waals surface area contributed by atoms with Crippen molar-refractivity contribution in [1.82, 2.24) is 14.6 Å². The maximum Gasteiger partial charge on any atom is 0.265 e. The number of fused-ring (bicyclic) bond motifs is 1. The number of benzene rings is 1. The molecule has 0 aliphatic heterocycles. The average molecular weight is 348 g/mol. The third-order valence-corrected chi connectivity index (χ3v) is 5.62. The number of nitrogens with zero attached hydrogens (tertiary/aromatic N) is 4. The average Bonchev–Trinajstić information content (AvgIpc) is 2.97. The zero-order chi connectivity index (χ0) is 17.3. The summed E-state index contributed by atoms with van der Waals surface area (Å²) in [5.41, 5.74) is 0.872. The van der Waals surface area contributed by atoms with Crippen LogP contribution in [0, 0.1) is 5.82 Å². The van der Waals surface area contributed by atoms with Crippen LogP contribution >= 0.6 is 0 Å². The van der Waals surface area contributed by atoms with Crippen molar-refractivity contribution in [3.05, 3.63) is 54.2 Å². The van der Waals surface area contributed by atoms with Crippen molar-refractivity contribution in [3.8, 4) is 0 Å². The normalized spacial score (nSPS) is 11.8. The minimum absolute atomic E-state index is 0.107. The molecule has 24 heavy (non-hydrogen) atoms. The second-order valence-corrected chi connectivity index (χ2v) is 7.07. The molecule has 0 saturated carbocycles. The van der Waals surface area contributed by atoms with E-state index in [1.807, 2.05) is 6.92 Å². The molecule has 0 saturated heterocycles. The van der Waals surface area contributed by atoms with Gasteiger partial charge in [-0.3, -0.25) is 8.71 Å². The van der Waals surface area contributed by atoms with E-state index in [2.05, 4.69) is 10.2 Å². The Balaban J connectivity index is 2.11. The molecule has 0 aliphatic rings. The van der Waals surface area contributed by atoms with Crippen LogP contribution in [-0.2, 0) is 16.4 Å². The lowest BCUT2D eigenvalue weighted by molar-refractivity contribution is 0.590. The Bertz CT molecular complexity index is 985. The summed E-state index contributed by atoms with van der Waals surface area (Å²) in [5.74, 6) is 0.194. The van der Waals surface area contributed by atoms with Gasteiger partial charge in [-0.1, -0.05) is 13.0 Å². The molecule has 8 heteroatoms. The summed E-state index contributed by atoms with van der Waals surface area (Å²) in [4.78, 5) is 0.107. The first-order valence-corrected chi connectivity index (χ1v) is 9.03. The van der Waals surface area contributed by atoms with Gasteiger partial charge in [-0.25, -0.2) is 12.8 Å². The number of aryl methyl sites for hydroxylation is 1. The molecule has 3 rings (SSSR count). The zero-order valence-corrected chi connectivity index (χ0v) is 14.2. The van der Waals surface area contributed by atoms with Gasteiger partial charge < -0.3 is 0 Å². The van der Waals surface area contributed by atoms with Crippen molar-refractivity contribution in [3.63, 3.8) is 0 Å². The fraction of sp³-hybridized carbons (Fsp3) is 0.250. The summed E-state index contributed by atoms with van der Waals surface area (Å²) in [6.07, 6.45) is 2.14. The fourth-order valence-electron chi connectivity index (χ4n) is 2.56. The number of anilines is 1. The van der Waals surface area contributed by atoms with E-state index in [4.69, 9.17) is 0 Å². The van der Waals surface area contributed by atoms with E-state index in [-0.39, 0.29) is 17.1 Å². The smallest absolute Gasteiger partial charge is 0.265 e. The molecule has 0 unspecified atom stereocenters. The third-order valence-electron chi connectivity index (χ3n) is 3.73. The van der Waals surface area contributed by atoms with Gasteiger partial charge in [-0.05, 0) is 37.3 Å². The SMILES string of the molecule is CCc1nnc2ccc(S(=O)(=O)N(CC)c3cccc(F)c3)cn12. The maximum absolute atomic E-state index is 13.5. The molecular weight excluding hydrogens is 331 g/mol. The lowest BCUT2D eigenvalue weighted by Crippen LogP contribution is -2.31. The number of aromatic nitrogens is 3. The molecule has 0 fully saturated rings. The Morgan fingerprint density at radius 1 is 1.17 bits per heavy atom. The van der Waals surface area contributed by atoms with Gasteiger partial charge in [0.1, 0.15) is 16.5 Å². The molecule has 2 aromatic heterocycles. The van der Waals surface area contributed by atoms with Gasteiger partial charge in [0.05, 0.1) is 5.69 Å². The largest absolute Gasteiger partial charge is 0.285 e. The van der Waals surface area contributed by atoms with Crippen LogP contribution in [0.4, 0.5) is 10.1 Å². The summed E-state index contributed by atoms with van der Waals surface area (Å²) in [6, 6.07) is 8.63. The molecular formula is C16H17FN4O2S. The molecule has 0 radical (unpaired) electrons. The number of sulfonamides is 1. The molecule has 3 aromatic rings. The second kappa shape index (κ2) is 6.20. The monoisotopic (exact) mass is 348 g/mol. The van der Waals surface area contributed by atoms with E-state index in [0.29, 0.717) is 17.9 Å². The van der Waals surface area contributed by atoms with Gasteiger partial charge in [0.15, 0.2) is 5.65 Å². The van der Waals surface area contributed by atoms with Crippen LogP contribution in [0.1, 0.15) is 19.7 Å². The first-order chi connectivity index (χ1) is 11.5. The predicted molar refractivity (Wildman–Crippen MR) is 89.0 cm³/mol. The third kappa shape index (κ3) is 2.73. The van der Waals surface area contributed by atoms with Gasteiger partial charge in [0.2, 0.25) is 0 Å². The van der Waals surface area contributed by atoms with Gasteiger partial charge >= 0.3 is 0 Å². The molecule has 0 amide bonds. The van der Waals surface area contributed by atoms with Crippen LogP contribution < -0.4 is 4.31 Å². The van der Waals surface area contributed by atoms with Gasteiger partial charge in [0.25, 0.3) is 10.0 Å². The number of hydrogen-bond donors (Lipinski definition) is 0. The summed E-state index contributed by atoms with van der Waals surface area (Å²) in [7, 11) is -3.83. The van der Waals surface area contributed by atoms with E-state index in [1.54, 1.807) is 23.5 Å². The Kier molecular flexibility index (Phi) is 4.23. The number of halogens is 1. The van der Waals surface area contributed by atoms with Crippen molar-refractivity contribution in [2.45, 2.75) is 25.2 Å². The second-order valence-electron chi connectivity index (χ2n) is 5.21. The molecule has 0 bridgehead atoms. The van der Waals surface area contributed by atoms with E-state index in [1.165, 1.54) is 34.8 Å². The summed E-state index contributed by atoms with van der Waals surface area (Å²) < 4.78 is 42.3. The van der Waals surface area contributed by atoms with Crippen molar-refractivity contribution in [1.29, 1.82) is 0 Å². The molecule has 126 valence electrons. The van der Waals surface area contributed by atoms with Crippen LogP contribution in [0.2, 0.25) is 0 Å². The molecule has 6 nitrogen and oxygen atoms in total. The van der Waals surface area contributed by atoms with E-state index < -0.39 is 15.8 Å². The highest BCUT2D eigenvalue weighted by Crippen LogP contribution is 2.24. The van der Waals surface area contributed by atoms with Crippen LogP contribution in [0.3, 0.4) is 0 Å². The van der Waals surface area contributed by atoms with E-state index in [9.17, 15) is 12.8 Å². The van der Waals surface area contributed by atoms with Crippen molar-refractivity contribution < 1.29 is 12.8 Å². The minimum atomic E-state index is -3.83. The first-order valence-electron chi connectivity index (χ1n) is 7.59. The lowest BCUT2D eigenvalue weighted by Gasteiger charge is -2.23. The Morgan fingerprint density at radius 2 is 1.96 bits per heavy atom. The number of hydrogen-bond acceptors (Lipinski definition) is 4. The standard InChI is InChI=1S/C16H17FN4O2S/c1-3-15-18-19-16-9-8-14(11-20(15)16)24(22,23)21(4-2)13-7-5-6-12(17)10-13/h5-11H,3-4H2,1-2H3. The lowest BCUT2D eigenvalue weighted by atomic mass is 10.3. The summed E-state index contributed by atoms with van der Waals surface area (Å²) >= 11 is 0. The van der Waals surface area contributed by atoms with E-state index in [0.717, 1.165) is 0 Å². The topological polar surface area (TPSA) is 67.6 Å². The highest BCUT2D eigenvalue weighted by molar-refractivity contribution is 7.92. The highest BCUT2D eigenvalue weighted by Gasteiger charge is 2.24. The van der Waals surface area contributed by atoms with Crippen LogP contribution in [0.25, 0.3) is 5.65 Å². The van der Waals surface area contributed by atoms with E-state index >= 15 is 0 Å². The van der Waals surface area contributed by atoms with Crippen LogP contribution in [-0.4, -0.2) is 29.6 Å². The Hall–Kier alpha value is -2.48. The molecule has 1 aromatic carbocycles. The molecule has 0 spiro atoms. The van der Waals surface area contributed by atoms with Crippen molar-refractivity contribution in [2.75, 3.05) is 10.8 Å². The fourth-order valence-corrected chi connectivity index (χ4v) is 4.03. The molecule has 2 heterocycles. The summed E-state index contributed by atoms with van der Waals surface area (Å²) in [5, 5.41) is 8.03. The Morgan fingerprint density at radius 3 is 2.62 bits per heavy atom. The summed E-state index contributed by atoms with van der Waals surface area (Å²) in [6.45, 7) is 3.81. The van der Waals surface area contributed by atoms with Gasteiger partial charge in [0, 0.05) is 19.2 Å².